The molecule has 0 aromatic carbocycles. The standard InChI is InChI=1S/C27H44O7/c1-15(14-28)5-6-23(32)26(4,33)22-8-10-27(34)17-11-19(29)18-12-20(30)21(31)13-24(18,2)16(17)7-9-25(22,27)3/h11,15-16,18,20-23,28,30-34H,5-10,12-14H2,1-4H3/t15-,16+,18+,20-,21+,22+,23-,24-,25-,26-,27-/m1/s1. The van der Waals surface area contributed by atoms with Crippen molar-refractivity contribution in [1.29, 1.82) is 0 Å². The maximum Gasteiger partial charge on any atom is 0.159 e. The molecule has 0 aliphatic heterocycles. The lowest BCUT2D eigenvalue weighted by atomic mass is 9.45. The van der Waals surface area contributed by atoms with E-state index in [2.05, 4.69) is 0 Å². The van der Waals surface area contributed by atoms with Gasteiger partial charge in [0.25, 0.3) is 0 Å². The van der Waals surface area contributed by atoms with Crippen molar-refractivity contribution < 1.29 is 35.4 Å². The molecule has 7 nitrogen and oxygen atoms in total. The lowest BCUT2D eigenvalue weighted by Crippen LogP contribution is -2.62. The number of hydrogen-bond acceptors (Lipinski definition) is 7. The topological polar surface area (TPSA) is 138 Å². The Kier molecular flexibility index (Phi) is 6.66. The Hall–Kier alpha value is -0.830. The highest BCUT2D eigenvalue weighted by Gasteiger charge is 2.69. The van der Waals surface area contributed by atoms with E-state index < -0.39 is 40.3 Å². The minimum Gasteiger partial charge on any atom is -0.396 e. The molecule has 0 aromatic heterocycles. The average molecular weight is 481 g/mol. The van der Waals surface area contributed by atoms with Crippen molar-refractivity contribution in [3.8, 4) is 0 Å². The van der Waals surface area contributed by atoms with Crippen LogP contribution in [-0.4, -0.2) is 72.5 Å². The van der Waals surface area contributed by atoms with Gasteiger partial charge in [0.15, 0.2) is 5.78 Å². The molecule has 3 fully saturated rings. The van der Waals surface area contributed by atoms with E-state index in [1.165, 1.54) is 0 Å². The van der Waals surface area contributed by atoms with Crippen molar-refractivity contribution in [3.63, 3.8) is 0 Å². The Labute approximate surface area is 202 Å². The Bertz CT molecular complexity index is 839. The van der Waals surface area contributed by atoms with Gasteiger partial charge >= 0.3 is 0 Å². The highest BCUT2D eigenvalue weighted by Crippen LogP contribution is 2.68. The van der Waals surface area contributed by atoms with Gasteiger partial charge in [-0.3, -0.25) is 4.79 Å². The van der Waals surface area contributed by atoms with Gasteiger partial charge in [0, 0.05) is 17.9 Å². The molecule has 0 amide bonds. The predicted octanol–water partition coefficient (Wildman–Crippen LogP) is 1.71. The Morgan fingerprint density at radius 2 is 1.79 bits per heavy atom. The van der Waals surface area contributed by atoms with E-state index in [1.54, 1.807) is 13.0 Å². The second kappa shape index (κ2) is 8.63. The lowest BCUT2D eigenvalue weighted by Gasteiger charge is -2.60. The zero-order chi connectivity index (χ0) is 25.3. The minimum absolute atomic E-state index is 0.0326. The number of fused-ring (bicyclic) bond motifs is 5. The number of rotatable bonds is 6. The highest BCUT2D eigenvalue weighted by atomic mass is 16.3. The summed E-state index contributed by atoms with van der Waals surface area (Å²) >= 11 is 0. The molecule has 0 spiro atoms. The van der Waals surface area contributed by atoms with Crippen molar-refractivity contribution in [1.82, 2.24) is 0 Å². The summed E-state index contributed by atoms with van der Waals surface area (Å²) in [6.07, 6.45) is 2.65. The minimum atomic E-state index is -1.42. The maximum atomic E-state index is 13.3. The first kappa shape index (κ1) is 26.2. The van der Waals surface area contributed by atoms with Crippen molar-refractivity contribution in [2.75, 3.05) is 6.61 Å². The van der Waals surface area contributed by atoms with Crippen LogP contribution >= 0.6 is 0 Å². The van der Waals surface area contributed by atoms with Crippen molar-refractivity contribution in [2.24, 2.45) is 34.5 Å². The number of allylic oxidation sites excluding steroid dienone is 1. The highest BCUT2D eigenvalue weighted by molar-refractivity contribution is 5.95. The molecular weight excluding hydrogens is 436 g/mol. The van der Waals surface area contributed by atoms with Crippen LogP contribution in [-0.2, 0) is 4.79 Å². The molecule has 0 radical (unpaired) electrons. The molecule has 4 aliphatic carbocycles. The van der Waals surface area contributed by atoms with Gasteiger partial charge in [-0.1, -0.05) is 20.8 Å². The first-order valence-electron chi connectivity index (χ1n) is 13.1. The summed E-state index contributed by atoms with van der Waals surface area (Å²) in [5.41, 5.74) is -3.21. The Balaban J connectivity index is 1.65. The molecule has 7 heteroatoms. The SMILES string of the molecule is C[C@@H](CO)CC[C@@H](O)[C@](C)(O)[C@H]1CC[C@@]2(O)C3=CC(=O)[C@@H]4C[C@@H](O)[C@@H](O)C[C@]4(C)[C@H]3CC[C@]12C. The first-order chi connectivity index (χ1) is 15.7. The summed E-state index contributed by atoms with van der Waals surface area (Å²) < 4.78 is 0. The second-order valence-corrected chi connectivity index (χ2v) is 12.7. The Morgan fingerprint density at radius 3 is 2.44 bits per heavy atom. The first-order valence-corrected chi connectivity index (χ1v) is 13.1. The quantitative estimate of drug-likeness (QED) is 0.340. The van der Waals surface area contributed by atoms with Crippen LogP contribution in [0.3, 0.4) is 0 Å². The third kappa shape index (κ3) is 3.65. The number of carbonyl (C=O) groups is 1. The molecule has 4 rings (SSSR count). The van der Waals surface area contributed by atoms with Crippen LogP contribution in [0.5, 0.6) is 0 Å². The zero-order valence-corrected chi connectivity index (χ0v) is 21.1. The number of ketones is 1. The molecule has 0 aromatic rings. The molecule has 0 heterocycles. The maximum absolute atomic E-state index is 13.3. The zero-order valence-electron chi connectivity index (χ0n) is 21.1. The molecule has 194 valence electrons. The van der Waals surface area contributed by atoms with Gasteiger partial charge in [-0.25, -0.2) is 0 Å². The van der Waals surface area contributed by atoms with E-state index in [0.29, 0.717) is 38.5 Å². The van der Waals surface area contributed by atoms with Crippen LogP contribution in [0.15, 0.2) is 11.6 Å². The molecule has 4 aliphatic rings. The normalized spacial score (nSPS) is 47.6. The fraction of sp³-hybridized carbons (Fsp3) is 0.889. The fourth-order valence-electron chi connectivity index (χ4n) is 8.37. The number of aliphatic hydroxyl groups is 6. The van der Waals surface area contributed by atoms with Crippen LogP contribution in [0.2, 0.25) is 0 Å². The van der Waals surface area contributed by atoms with E-state index >= 15 is 0 Å². The summed E-state index contributed by atoms with van der Waals surface area (Å²) in [4.78, 5) is 13.3. The number of aliphatic hydroxyl groups excluding tert-OH is 4. The van der Waals surface area contributed by atoms with Gasteiger partial charge in [-0.05, 0) is 93.1 Å². The molecule has 3 saturated carbocycles. The summed E-state index contributed by atoms with van der Waals surface area (Å²) in [5, 5.41) is 64.7. The summed E-state index contributed by atoms with van der Waals surface area (Å²) in [6, 6.07) is 0. The summed E-state index contributed by atoms with van der Waals surface area (Å²) in [7, 11) is 0. The molecule has 6 N–H and O–H groups in total. The van der Waals surface area contributed by atoms with Gasteiger partial charge in [-0.15, -0.1) is 0 Å². The van der Waals surface area contributed by atoms with Crippen LogP contribution in [0.25, 0.3) is 0 Å². The molecular formula is C27H44O7. The Morgan fingerprint density at radius 1 is 1.12 bits per heavy atom. The number of hydrogen-bond donors (Lipinski definition) is 6. The monoisotopic (exact) mass is 480 g/mol. The van der Waals surface area contributed by atoms with E-state index in [1.807, 2.05) is 20.8 Å². The van der Waals surface area contributed by atoms with E-state index in [9.17, 15) is 35.4 Å². The molecule has 0 saturated heterocycles. The van der Waals surface area contributed by atoms with Gasteiger partial charge in [0.05, 0.1) is 29.5 Å². The molecule has 0 unspecified atom stereocenters. The van der Waals surface area contributed by atoms with Crippen LogP contribution in [0.4, 0.5) is 0 Å². The van der Waals surface area contributed by atoms with E-state index in [0.717, 1.165) is 12.0 Å². The predicted molar refractivity (Wildman–Crippen MR) is 127 cm³/mol. The van der Waals surface area contributed by atoms with Crippen LogP contribution < -0.4 is 0 Å². The largest absolute Gasteiger partial charge is 0.396 e. The van der Waals surface area contributed by atoms with Crippen molar-refractivity contribution in [2.45, 2.75) is 109 Å². The van der Waals surface area contributed by atoms with Gasteiger partial charge in [0.2, 0.25) is 0 Å². The molecule has 34 heavy (non-hydrogen) atoms. The van der Waals surface area contributed by atoms with Gasteiger partial charge in [0.1, 0.15) is 0 Å². The number of carbonyl (C=O) groups excluding carboxylic acids is 1. The summed E-state index contributed by atoms with van der Waals surface area (Å²) in [6.45, 7) is 7.59. The molecule has 11 atom stereocenters. The van der Waals surface area contributed by atoms with Crippen LogP contribution in [0.1, 0.15) is 79.1 Å². The molecule has 0 bridgehead atoms. The fourth-order valence-corrected chi connectivity index (χ4v) is 8.37. The smallest absolute Gasteiger partial charge is 0.159 e. The summed E-state index contributed by atoms with van der Waals surface area (Å²) in [5.74, 6) is -0.859. The average Bonchev–Trinajstić information content (AvgIpc) is 3.06. The lowest BCUT2D eigenvalue weighted by molar-refractivity contribution is -0.176. The third-order valence-electron chi connectivity index (χ3n) is 10.7. The van der Waals surface area contributed by atoms with E-state index in [-0.39, 0.29) is 42.5 Å². The third-order valence-corrected chi connectivity index (χ3v) is 10.7. The van der Waals surface area contributed by atoms with Gasteiger partial charge in [-0.2, -0.15) is 0 Å². The second-order valence-electron chi connectivity index (χ2n) is 12.7. The van der Waals surface area contributed by atoms with E-state index in [4.69, 9.17) is 0 Å². The van der Waals surface area contributed by atoms with Crippen molar-refractivity contribution in [3.05, 3.63) is 11.6 Å². The van der Waals surface area contributed by atoms with Crippen LogP contribution in [0, 0.1) is 34.5 Å². The van der Waals surface area contributed by atoms with Gasteiger partial charge < -0.3 is 30.6 Å². The van der Waals surface area contributed by atoms with Crippen molar-refractivity contribution >= 4 is 5.78 Å².